The number of hydrogen-bond acceptors (Lipinski definition) is 1. The van der Waals surface area contributed by atoms with Gasteiger partial charge in [0.1, 0.15) is 5.82 Å². The van der Waals surface area contributed by atoms with E-state index in [2.05, 4.69) is 21.2 Å². The van der Waals surface area contributed by atoms with Crippen LogP contribution in [-0.2, 0) is 11.2 Å². The van der Waals surface area contributed by atoms with Gasteiger partial charge >= 0.3 is 0 Å². The molecule has 0 spiro atoms. The quantitative estimate of drug-likeness (QED) is 0.861. The van der Waals surface area contributed by atoms with Gasteiger partial charge in [-0.3, -0.25) is 4.79 Å². The van der Waals surface area contributed by atoms with Gasteiger partial charge in [-0.1, -0.05) is 22.0 Å². The summed E-state index contributed by atoms with van der Waals surface area (Å²) in [5.74, 6) is -2.83. The van der Waals surface area contributed by atoms with Crippen molar-refractivity contribution in [2.24, 2.45) is 0 Å². The molecule has 0 saturated carbocycles. The smallest absolute Gasteiger partial charge is 0.224 e. The number of hydrogen-bond donors (Lipinski definition) is 1. The average molecular weight is 358 g/mol. The summed E-state index contributed by atoms with van der Waals surface area (Å²) < 4.78 is 39.9. The molecular weight excluding hydrogens is 347 g/mol. The lowest BCUT2D eigenvalue weighted by molar-refractivity contribution is -0.116. The first-order chi connectivity index (χ1) is 9.95. The standard InChI is InChI=1S/C15H11BrF3NO/c16-10-3-5-14(13(19)8-10)20-15(21)6-2-9-1-4-11(17)12(18)7-9/h1,3-5,7-8H,2,6H2,(H,20,21). The van der Waals surface area contributed by atoms with Gasteiger partial charge in [0.05, 0.1) is 5.69 Å². The van der Waals surface area contributed by atoms with Crippen LogP contribution < -0.4 is 5.32 Å². The highest BCUT2D eigenvalue weighted by molar-refractivity contribution is 9.10. The van der Waals surface area contributed by atoms with Gasteiger partial charge in [0, 0.05) is 10.9 Å². The minimum Gasteiger partial charge on any atom is -0.324 e. The number of amides is 1. The van der Waals surface area contributed by atoms with Crippen LogP contribution in [0.1, 0.15) is 12.0 Å². The zero-order chi connectivity index (χ0) is 15.4. The van der Waals surface area contributed by atoms with E-state index >= 15 is 0 Å². The number of nitrogens with one attached hydrogen (secondary N) is 1. The molecule has 1 N–H and O–H groups in total. The average Bonchev–Trinajstić information content (AvgIpc) is 2.43. The number of carbonyl (C=O) groups is 1. The van der Waals surface area contributed by atoms with Crippen molar-refractivity contribution < 1.29 is 18.0 Å². The van der Waals surface area contributed by atoms with Crippen molar-refractivity contribution in [1.29, 1.82) is 0 Å². The predicted octanol–water partition coefficient (Wildman–Crippen LogP) is 4.44. The summed E-state index contributed by atoms with van der Waals surface area (Å²) in [6.07, 6.45) is 0.280. The van der Waals surface area contributed by atoms with E-state index < -0.39 is 23.4 Å². The summed E-state index contributed by atoms with van der Waals surface area (Å²) in [4.78, 5) is 11.7. The zero-order valence-corrected chi connectivity index (χ0v) is 12.4. The fourth-order valence-corrected chi connectivity index (χ4v) is 2.09. The third-order valence-corrected chi connectivity index (χ3v) is 3.32. The minimum atomic E-state index is -0.952. The van der Waals surface area contributed by atoms with E-state index in [1.165, 1.54) is 18.2 Å². The van der Waals surface area contributed by atoms with E-state index in [0.717, 1.165) is 12.1 Å². The second kappa shape index (κ2) is 6.76. The molecule has 0 bridgehead atoms. The molecule has 21 heavy (non-hydrogen) atoms. The molecule has 0 heterocycles. The van der Waals surface area contributed by atoms with Crippen LogP contribution in [-0.4, -0.2) is 5.91 Å². The first-order valence-corrected chi connectivity index (χ1v) is 6.94. The van der Waals surface area contributed by atoms with Crippen LogP contribution in [0.2, 0.25) is 0 Å². The number of aryl methyl sites for hydroxylation is 1. The fourth-order valence-electron chi connectivity index (χ4n) is 1.76. The zero-order valence-electron chi connectivity index (χ0n) is 10.8. The molecule has 0 aliphatic rings. The lowest BCUT2D eigenvalue weighted by atomic mass is 10.1. The van der Waals surface area contributed by atoms with E-state index in [1.54, 1.807) is 6.07 Å². The van der Waals surface area contributed by atoms with Crippen molar-refractivity contribution in [2.45, 2.75) is 12.8 Å². The summed E-state index contributed by atoms with van der Waals surface area (Å²) >= 11 is 3.12. The predicted molar refractivity (Wildman–Crippen MR) is 77.4 cm³/mol. The maximum absolute atomic E-state index is 13.5. The molecular formula is C15H11BrF3NO. The topological polar surface area (TPSA) is 29.1 Å². The second-order valence-electron chi connectivity index (χ2n) is 4.42. The highest BCUT2D eigenvalue weighted by atomic mass is 79.9. The lowest BCUT2D eigenvalue weighted by Crippen LogP contribution is -2.13. The molecule has 0 unspecified atom stereocenters. The van der Waals surface area contributed by atoms with Gasteiger partial charge in [0.2, 0.25) is 5.91 Å². The van der Waals surface area contributed by atoms with E-state index in [9.17, 15) is 18.0 Å². The molecule has 2 rings (SSSR count). The third kappa shape index (κ3) is 4.32. The van der Waals surface area contributed by atoms with Crippen LogP contribution in [0.5, 0.6) is 0 Å². The minimum absolute atomic E-state index is 0.0422. The first-order valence-electron chi connectivity index (χ1n) is 6.14. The van der Waals surface area contributed by atoms with Crippen molar-refractivity contribution in [3.63, 3.8) is 0 Å². The Kier molecular flexibility index (Phi) is 5.01. The number of anilines is 1. The Morgan fingerprint density at radius 1 is 1.00 bits per heavy atom. The molecule has 0 aromatic heterocycles. The largest absolute Gasteiger partial charge is 0.324 e. The Hall–Kier alpha value is -1.82. The van der Waals surface area contributed by atoms with Gasteiger partial charge in [0.25, 0.3) is 0 Å². The van der Waals surface area contributed by atoms with Crippen LogP contribution in [0.25, 0.3) is 0 Å². The molecule has 2 nitrogen and oxygen atoms in total. The highest BCUT2D eigenvalue weighted by Gasteiger charge is 2.09. The summed E-state index contributed by atoms with van der Waals surface area (Å²) in [5.41, 5.74) is 0.578. The second-order valence-corrected chi connectivity index (χ2v) is 5.34. The monoisotopic (exact) mass is 357 g/mol. The molecule has 0 saturated heterocycles. The SMILES string of the molecule is O=C(CCc1ccc(F)c(F)c1)Nc1ccc(Br)cc1F. The van der Waals surface area contributed by atoms with Crippen LogP contribution in [0.3, 0.4) is 0 Å². The Morgan fingerprint density at radius 3 is 2.43 bits per heavy atom. The number of benzene rings is 2. The van der Waals surface area contributed by atoms with Crippen molar-refractivity contribution in [3.8, 4) is 0 Å². The van der Waals surface area contributed by atoms with Crippen LogP contribution in [0.4, 0.5) is 18.9 Å². The maximum Gasteiger partial charge on any atom is 0.224 e. The van der Waals surface area contributed by atoms with Crippen molar-refractivity contribution in [1.82, 2.24) is 0 Å². The van der Waals surface area contributed by atoms with Gasteiger partial charge in [0.15, 0.2) is 11.6 Å². The highest BCUT2D eigenvalue weighted by Crippen LogP contribution is 2.19. The van der Waals surface area contributed by atoms with E-state index in [4.69, 9.17) is 0 Å². The van der Waals surface area contributed by atoms with Crippen molar-refractivity contribution in [3.05, 3.63) is 63.9 Å². The maximum atomic E-state index is 13.5. The molecule has 0 atom stereocenters. The molecule has 1 amide bonds. The van der Waals surface area contributed by atoms with Crippen molar-refractivity contribution in [2.75, 3.05) is 5.32 Å². The van der Waals surface area contributed by atoms with Crippen LogP contribution in [0.15, 0.2) is 40.9 Å². The molecule has 6 heteroatoms. The van der Waals surface area contributed by atoms with Crippen molar-refractivity contribution >= 4 is 27.5 Å². The van der Waals surface area contributed by atoms with E-state index in [0.29, 0.717) is 10.0 Å². The summed E-state index contributed by atoms with van der Waals surface area (Å²) in [6, 6.07) is 7.75. The molecule has 0 fully saturated rings. The lowest BCUT2D eigenvalue weighted by Gasteiger charge is -2.07. The Labute approximate surface area is 128 Å². The Bertz CT molecular complexity index is 676. The molecule has 0 aliphatic heterocycles. The van der Waals surface area contributed by atoms with E-state index in [1.807, 2.05) is 0 Å². The van der Waals surface area contributed by atoms with Gasteiger partial charge in [-0.15, -0.1) is 0 Å². The normalized spacial score (nSPS) is 10.5. The molecule has 2 aromatic carbocycles. The van der Waals surface area contributed by atoms with E-state index in [-0.39, 0.29) is 18.5 Å². The van der Waals surface area contributed by atoms with Gasteiger partial charge in [-0.25, -0.2) is 13.2 Å². The van der Waals surface area contributed by atoms with Gasteiger partial charge in [-0.2, -0.15) is 0 Å². The summed E-state index contributed by atoms with van der Waals surface area (Å²) in [7, 11) is 0. The van der Waals surface area contributed by atoms with Gasteiger partial charge in [-0.05, 0) is 42.3 Å². The van der Waals surface area contributed by atoms with Crippen LogP contribution in [0, 0.1) is 17.5 Å². The third-order valence-electron chi connectivity index (χ3n) is 2.83. The van der Waals surface area contributed by atoms with Crippen LogP contribution >= 0.6 is 15.9 Å². The summed E-state index contributed by atoms with van der Waals surface area (Å²) in [6.45, 7) is 0. The van der Waals surface area contributed by atoms with Gasteiger partial charge < -0.3 is 5.32 Å². The molecule has 110 valence electrons. The fraction of sp³-hybridized carbons (Fsp3) is 0.133. The molecule has 2 aromatic rings. The number of rotatable bonds is 4. The summed E-state index contributed by atoms with van der Waals surface area (Å²) in [5, 5.41) is 2.43. The first kappa shape index (κ1) is 15.6. The molecule has 0 radical (unpaired) electrons. The number of halogens is 4. The Balaban J connectivity index is 1.94. The molecule has 0 aliphatic carbocycles. The number of carbonyl (C=O) groups excluding carboxylic acids is 1. The Morgan fingerprint density at radius 2 is 1.76 bits per heavy atom.